The second-order valence-electron chi connectivity index (χ2n) is 2.19. The normalized spacial score (nSPS) is 9.50. The fourth-order valence-corrected chi connectivity index (χ4v) is 0.887. The van der Waals surface area contributed by atoms with Crippen LogP contribution < -0.4 is 9.47 Å². The quantitative estimate of drug-likeness (QED) is 0.688. The maximum Gasteiger partial charge on any atom is 0.161 e. The Kier molecular flexibility index (Phi) is 3.38. The molecule has 0 saturated carbocycles. The van der Waals surface area contributed by atoms with Gasteiger partial charge in [0.25, 0.3) is 0 Å². The molecule has 12 heavy (non-hydrogen) atoms. The lowest BCUT2D eigenvalue weighted by Crippen LogP contribution is -2.00. The number of hydrogen-bond acceptors (Lipinski definition) is 2. The van der Waals surface area contributed by atoms with Crippen molar-refractivity contribution >= 4 is 0 Å². The maximum absolute atomic E-state index is 11.7. The minimum absolute atomic E-state index is 0.0698. The first-order valence-corrected chi connectivity index (χ1v) is 3.70. The van der Waals surface area contributed by atoms with Crippen LogP contribution in [0.15, 0.2) is 24.3 Å². The summed E-state index contributed by atoms with van der Waals surface area (Å²) in [4.78, 5) is 0. The molecule has 0 bridgehead atoms. The lowest BCUT2D eigenvalue weighted by atomic mass is 10.3. The van der Waals surface area contributed by atoms with Crippen LogP contribution in [0.5, 0.6) is 11.5 Å². The number of alkyl halides is 1. The zero-order valence-electron chi connectivity index (χ0n) is 6.92. The summed E-state index contributed by atoms with van der Waals surface area (Å²) in [7, 11) is 1.55. The molecule has 1 aromatic carbocycles. The molecule has 1 rings (SSSR count). The predicted octanol–water partition coefficient (Wildman–Crippen LogP) is 2.04. The zero-order valence-corrected chi connectivity index (χ0v) is 6.92. The maximum atomic E-state index is 11.7. The molecule has 0 aromatic heterocycles. The van der Waals surface area contributed by atoms with E-state index in [1.165, 1.54) is 0 Å². The molecule has 0 aliphatic rings. The third-order valence-electron chi connectivity index (χ3n) is 1.40. The summed E-state index contributed by atoms with van der Waals surface area (Å²) < 4.78 is 21.8. The minimum atomic E-state index is -0.488. The Labute approximate surface area is 70.9 Å². The number of halogens is 1. The molecular weight excluding hydrogens is 159 g/mol. The molecule has 0 saturated heterocycles. The third kappa shape index (κ3) is 2.12. The number of methoxy groups -OCH3 is 1. The molecule has 0 aliphatic carbocycles. The van der Waals surface area contributed by atoms with Crippen molar-refractivity contribution in [1.29, 1.82) is 0 Å². The first-order chi connectivity index (χ1) is 5.88. The average Bonchev–Trinajstić information content (AvgIpc) is 2.15. The summed E-state index contributed by atoms with van der Waals surface area (Å²) in [5.41, 5.74) is 0. The summed E-state index contributed by atoms with van der Waals surface area (Å²) in [6.45, 7) is -0.418. The number of rotatable bonds is 4. The first-order valence-electron chi connectivity index (χ1n) is 3.70. The predicted molar refractivity (Wildman–Crippen MR) is 44.5 cm³/mol. The molecule has 0 atom stereocenters. The van der Waals surface area contributed by atoms with Crippen molar-refractivity contribution in [2.24, 2.45) is 0 Å². The van der Waals surface area contributed by atoms with E-state index in [-0.39, 0.29) is 6.61 Å². The lowest BCUT2D eigenvalue weighted by Gasteiger charge is -2.07. The van der Waals surface area contributed by atoms with Crippen LogP contribution in [0.25, 0.3) is 0 Å². The molecular formula is C9H11FO2. The standard InChI is InChI=1S/C9H11FO2/c1-11-8-4-2-3-5-9(8)12-7-6-10/h2-5H,6-7H2,1H3. The summed E-state index contributed by atoms with van der Waals surface area (Å²) >= 11 is 0. The second-order valence-corrected chi connectivity index (χ2v) is 2.19. The Bertz CT molecular complexity index is 238. The molecule has 66 valence electrons. The Hall–Kier alpha value is -1.25. The smallest absolute Gasteiger partial charge is 0.161 e. The minimum Gasteiger partial charge on any atom is -0.493 e. The van der Waals surface area contributed by atoms with Crippen molar-refractivity contribution < 1.29 is 13.9 Å². The highest BCUT2D eigenvalue weighted by Gasteiger charge is 2.00. The topological polar surface area (TPSA) is 18.5 Å². The van der Waals surface area contributed by atoms with Crippen LogP contribution in [-0.2, 0) is 0 Å². The second kappa shape index (κ2) is 4.59. The van der Waals surface area contributed by atoms with Crippen molar-refractivity contribution in [2.75, 3.05) is 20.4 Å². The number of benzene rings is 1. The number of para-hydroxylation sites is 2. The summed E-state index contributed by atoms with van der Waals surface area (Å²) in [6, 6.07) is 7.17. The Morgan fingerprint density at radius 3 is 2.50 bits per heavy atom. The van der Waals surface area contributed by atoms with Gasteiger partial charge in [-0.3, -0.25) is 0 Å². The van der Waals surface area contributed by atoms with Crippen LogP contribution in [0.3, 0.4) is 0 Å². The van der Waals surface area contributed by atoms with Gasteiger partial charge in [-0.15, -0.1) is 0 Å². The Balaban J connectivity index is 2.68. The van der Waals surface area contributed by atoms with Gasteiger partial charge in [0.2, 0.25) is 0 Å². The largest absolute Gasteiger partial charge is 0.493 e. The molecule has 0 spiro atoms. The molecule has 0 unspecified atom stereocenters. The van der Waals surface area contributed by atoms with Crippen LogP contribution >= 0.6 is 0 Å². The van der Waals surface area contributed by atoms with Gasteiger partial charge < -0.3 is 9.47 Å². The van der Waals surface area contributed by atoms with E-state index in [9.17, 15) is 4.39 Å². The van der Waals surface area contributed by atoms with Crippen LogP contribution in [0.4, 0.5) is 4.39 Å². The van der Waals surface area contributed by atoms with E-state index in [4.69, 9.17) is 9.47 Å². The monoisotopic (exact) mass is 170 g/mol. The fourth-order valence-electron chi connectivity index (χ4n) is 0.887. The van der Waals surface area contributed by atoms with Crippen LogP contribution in [-0.4, -0.2) is 20.4 Å². The summed E-state index contributed by atoms with van der Waals surface area (Å²) in [5.74, 6) is 1.21. The SMILES string of the molecule is COc1ccccc1OCCF. The van der Waals surface area contributed by atoms with Gasteiger partial charge in [-0.1, -0.05) is 12.1 Å². The van der Waals surface area contributed by atoms with E-state index < -0.39 is 6.67 Å². The average molecular weight is 170 g/mol. The Morgan fingerprint density at radius 2 is 1.92 bits per heavy atom. The van der Waals surface area contributed by atoms with Crippen molar-refractivity contribution in [2.45, 2.75) is 0 Å². The zero-order chi connectivity index (χ0) is 8.81. The highest BCUT2D eigenvalue weighted by Crippen LogP contribution is 2.25. The third-order valence-corrected chi connectivity index (χ3v) is 1.40. The molecule has 0 amide bonds. The highest BCUT2D eigenvalue weighted by atomic mass is 19.1. The molecule has 0 aliphatic heterocycles. The van der Waals surface area contributed by atoms with Crippen molar-refractivity contribution in [3.05, 3.63) is 24.3 Å². The summed E-state index contributed by atoms with van der Waals surface area (Å²) in [5, 5.41) is 0. The fraction of sp³-hybridized carbons (Fsp3) is 0.333. The lowest BCUT2D eigenvalue weighted by molar-refractivity contribution is 0.260. The van der Waals surface area contributed by atoms with E-state index in [0.29, 0.717) is 11.5 Å². The van der Waals surface area contributed by atoms with E-state index >= 15 is 0 Å². The molecule has 0 fully saturated rings. The van der Waals surface area contributed by atoms with Gasteiger partial charge in [0, 0.05) is 0 Å². The van der Waals surface area contributed by atoms with Gasteiger partial charge in [0.1, 0.15) is 13.3 Å². The van der Waals surface area contributed by atoms with Gasteiger partial charge in [-0.2, -0.15) is 0 Å². The van der Waals surface area contributed by atoms with E-state index in [1.54, 1.807) is 19.2 Å². The van der Waals surface area contributed by atoms with Gasteiger partial charge >= 0.3 is 0 Å². The molecule has 0 N–H and O–H groups in total. The van der Waals surface area contributed by atoms with E-state index in [1.807, 2.05) is 12.1 Å². The summed E-state index contributed by atoms with van der Waals surface area (Å²) in [6.07, 6.45) is 0. The van der Waals surface area contributed by atoms with Gasteiger partial charge in [0.05, 0.1) is 7.11 Å². The Morgan fingerprint density at radius 1 is 1.25 bits per heavy atom. The van der Waals surface area contributed by atoms with Gasteiger partial charge in [-0.05, 0) is 12.1 Å². The van der Waals surface area contributed by atoms with Gasteiger partial charge in [-0.25, -0.2) is 4.39 Å². The molecule has 0 radical (unpaired) electrons. The van der Waals surface area contributed by atoms with Crippen molar-refractivity contribution in [3.63, 3.8) is 0 Å². The van der Waals surface area contributed by atoms with Crippen LogP contribution in [0, 0.1) is 0 Å². The molecule has 3 heteroatoms. The van der Waals surface area contributed by atoms with E-state index in [0.717, 1.165) is 0 Å². The number of hydrogen-bond donors (Lipinski definition) is 0. The number of ether oxygens (including phenoxy) is 2. The van der Waals surface area contributed by atoms with E-state index in [2.05, 4.69) is 0 Å². The van der Waals surface area contributed by atoms with Crippen LogP contribution in [0.1, 0.15) is 0 Å². The highest BCUT2D eigenvalue weighted by molar-refractivity contribution is 5.39. The van der Waals surface area contributed by atoms with Crippen molar-refractivity contribution in [3.8, 4) is 11.5 Å². The molecule has 0 heterocycles. The first kappa shape index (κ1) is 8.84. The molecule has 2 nitrogen and oxygen atoms in total. The van der Waals surface area contributed by atoms with Crippen LogP contribution in [0.2, 0.25) is 0 Å². The molecule has 1 aromatic rings. The van der Waals surface area contributed by atoms with Gasteiger partial charge in [0.15, 0.2) is 11.5 Å². The van der Waals surface area contributed by atoms with Crippen molar-refractivity contribution in [1.82, 2.24) is 0 Å².